The van der Waals surface area contributed by atoms with E-state index in [2.05, 4.69) is 18.7 Å². The maximum Gasteiger partial charge on any atom is 0.253 e. The van der Waals surface area contributed by atoms with Gasteiger partial charge < -0.3 is 10.6 Å². The molecule has 1 aromatic rings. The fourth-order valence-electron chi connectivity index (χ4n) is 2.95. The lowest BCUT2D eigenvalue weighted by molar-refractivity contribution is 0.0778. The topological polar surface area (TPSA) is 49.6 Å². The highest BCUT2D eigenvalue weighted by Crippen LogP contribution is 2.18. The Bertz CT molecular complexity index is 528. The van der Waals surface area contributed by atoms with E-state index in [-0.39, 0.29) is 5.91 Å². The van der Waals surface area contributed by atoms with Gasteiger partial charge in [0, 0.05) is 30.3 Å². The van der Waals surface area contributed by atoms with E-state index in [1.807, 2.05) is 23.1 Å². The van der Waals surface area contributed by atoms with Crippen LogP contribution in [0.1, 0.15) is 36.2 Å². The average molecular weight is 305 g/mol. The van der Waals surface area contributed by atoms with Gasteiger partial charge in [-0.1, -0.05) is 38.2 Å². The largest absolute Gasteiger partial charge is 0.389 e. The molecule has 1 heterocycles. The summed E-state index contributed by atoms with van der Waals surface area (Å²) >= 11 is 4.97. The van der Waals surface area contributed by atoms with Crippen molar-refractivity contribution in [3.05, 3.63) is 35.4 Å². The first-order valence-electron chi connectivity index (χ1n) is 7.50. The van der Waals surface area contributed by atoms with E-state index >= 15 is 0 Å². The zero-order valence-corrected chi connectivity index (χ0v) is 13.5. The first-order valence-corrected chi connectivity index (χ1v) is 7.90. The second-order valence-electron chi connectivity index (χ2n) is 5.36. The molecule has 0 radical (unpaired) electrons. The van der Waals surface area contributed by atoms with E-state index in [4.69, 9.17) is 18.0 Å². The average Bonchev–Trinajstić information content (AvgIpc) is 2.97. The normalized spacial score (nSPS) is 18.2. The number of carbonyl (C=O) groups is 1. The molecule has 1 aromatic carbocycles. The second kappa shape index (κ2) is 7.00. The van der Waals surface area contributed by atoms with Crippen LogP contribution in [-0.4, -0.2) is 52.9 Å². The number of hydrogen-bond donors (Lipinski definition) is 1. The molecule has 2 rings (SSSR count). The summed E-state index contributed by atoms with van der Waals surface area (Å²) < 4.78 is 0. The number of amides is 1. The minimum Gasteiger partial charge on any atom is -0.389 e. The van der Waals surface area contributed by atoms with Gasteiger partial charge in [0.1, 0.15) is 4.99 Å². The summed E-state index contributed by atoms with van der Waals surface area (Å²) in [5.41, 5.74) is 7.05. The SMILES string of the molecule is CCN(CC)C1CCN(C(=O)c2cccc(C(N)=S)c2)C1. The van der Waals surface area contributed by atoms with Crippen molar-refractivity contribution in [1.82, 2.24) is 9.80 Å². The number of thiocarbonyl (C=S) groups is 1. The minimum absolute atomic E-state index is 0.0720. The number of carbonyl (C=O) groups excluding carboxylic acids is 1. The van der Waals surface area contributed by atoms with Crippen molar-refractivity contribution in [3.63, 3.8) is 0 Å². The lowest BCUT2D eigenvalue weighted by atomic mass is 10.1. The van der Waals surface area contributed by atoms with Crippen molar-refractivity contribution < 1.29 is 4.79 Å². The van der Waals surface area contributed by atoms with Crippen LogP contribution < -0.4 is 5.73 Å². The fourth-order valence-corrected chi connectivity index (χ4v) is 3.08. The first kappa shape index (κ1) is 15.9. The van der Waals surface area contributed by atoms with Gasteiger partial charge in [-0.3, -0.25) is 9.69 Å². The van der Waals surface area contributed by atoms with Crippen LogP contribution in [0.15, 0.2) is 24.3 Å². The maximum absolute atomic E-state index is 12.6. The molecule has 5 heteroatoms. The lowest BCUT2D eigenvalue weighted by Crippen LogP contribution is -2.38. The monoisotopic (exact) mass is 305 g/mol. The molecule has 2 N–H and O–H groups in total. The molecule has 0 bridgehead atoms. The number of nitrogens with two attached hydrogens (primary N) is 1. The van der Waals surface area contributed by atoms with E-state index < -0.39 is 0 Å². The van der Waals surface area contributed by atoms with Gasteiger partial charge in [0.2, 0.25) is 0 Å². The molecular formula is C16H23N3OS. The molecule has 21 heavy (non-hydrogen) atoms. The number of benzene rings is 1. The molecule has 1 saturated heterocycles. The summed E-state index contributed by atoms with van der Waals surface area (Å²) in [4.78, 5) is 17.3. The van der Waals surface area contributed by atoms with Crippen molar-refractivity contribution >= 4 is 23.1 Å². The van der Waals surface area contributed by atoms with Gasteiger partial charge in [-0.15, -0.1) is 0 Å². The van der Waals surface area contributed by atoms with Crippen molar-refractivity contribution in [2.75, 3.05) is 26.2 Å². The van der Waals surface area contributed by atoms with Gasteiger partial charge in [-0.25, -0.2) is 0 Å². The van der Waals surface area contributed by atoms with Crippen LogP contribution in [0.3, 0.4) is 0 Å². The molecule has 1 amide bonds. The Morgan fingerprint density at radius 1 is 1.38 bits per heavy atom. The molecule has 1 unspecified atom stereocenters. The third kappa shape index (κ3) is 3.60. The number of nitrogens with zero attached hydrogens (tertiary/aromatic N) is 2. The third-order valence-corrected chi connectivity index (χ3v) is 4.41. The van der Waals surface area contributed by atoms with E-state index in [0.29, 0.717) is 16.6 Å². The highest BCUT2D eigenvalue weighted by Gasteiger charge is 2.29. The van der Waals surface area contributed by atoms with E-state index in [0.717, 1.165) is 38.2 Å². The van der Waals surface area contributed by atoms with Crippen LogP contribution in [0.4, 0.5) is 0 Å². The summed E-state index contributed by atoms with van der Waals surface area (Å²) in [6, 6.07) is 7.76. The molecule has 0 aromatic heterocycles. The molecule has 1 atom stereocenters. The fraction of sp³-hybridized carbons (Fsp3) is 0.500. The van der Waals surface area contributed by atoms with Crippen LogP contribution in [0.5, 0.6) is 0 Å². The van der Waals surface area contributed by atoms with Crippen LogP contribution in [-0.2, 0) is 0 Å². The first-order chi connectivity index (χ1) is 10.1. The van der Waals surface area contributed by atoms with Gasteiger partial charge in [0.15, 0.2) is 0 Å². The Hall–Kier alpha value is -1.46. The molecule has 0 aliphatic carbocycles. The Morgan fingerprint density at radius 3 is 2.67 bits per heavy atom. The van der Waals surface area contributed by atoms with Gasteiger partial charge >= 0.3 is 0 Å². The van der Waals surface area contributed by atoms with Crippen molar-refractivity contribution in [1.29, 1.82) is 0 Å². The Balaban J connectivity index is 2.08. The Labute approximate surface area is 131 Å². The molecule has 1 fully saturated rings. The minimum atomic E-state index is 0.0720. The molecule has 1 aliphatic rings. The van der Waals surface area contributed by atoms with E-state index in [1.54, 1.807) is 6.07 Å². The summed E-state index contributed by atoms with van der Waals surface area (Å²) in [5.74, 6) is 0.0720. The highest BCUT2D eigenvalue weighted by molar-refractivity contribution is 7.80. The van der Waals surface area contributed by atoms with Crippen LogP contribution in [0, 0.1) is 0 Å². The predicted molar refractivity (Wildman–Crippen MR) is 89.6 cm³/mol. The number of likely N-dealkylation sites (N-methyl/N-ethyl adjacent to an activating group) is 1. The quantitative estimate of drug-likeness (QED) is 0.844. The summed E-state index contributed by atoms with van der Waals surface area (Å²) in [6.45, 7) is 8.01. The molecule has 114 valence electrons. The number of likely N-dealkylation sites (tertiary alicyclic amines) is 1. The van der Waals surface area contributed by atoms with Gasteiger partial charge in [-0.2, -0.15) is 0 Å². The predicted octanol–water partition coefficient (Wildman–Crippen LogP) is 1.88. The summed E-state index contributed by atoms with van der Waals surface area (Å²) in [5, 5.41) is 0. The van der Waals surface area contributed by atoms with Crippen molar-refractivity contribution in [2.45, 2.75) is 26.3 Å². The lowest BCUT2D eigenvalue weighted by Gasteiger charge is -2.26. The van der Waals surface area contributed by atoms with E-state index in [1.165, 1.54) is 0 Å². The Morgan fingerprint density at radius 2 is 2.05 bits per heavy atom. The van der Waals surface area contributed by atoms with E-state index in [9.17, 15) is 4.79 Å². The molecule has 1 aliphatic heterocycles. The zero-order valence-electron chi connectivity index (χ0n) is 12.7. The standard InChI is InChI=1S/C16H23N3OS/c1-3-18(4-2)14-8-9-19(11-14)16(20)13-7-5-6-12(10-13)15(17)21/h5-7,10,14H,3-4,8-9,11H2,1-2H3,(H2,17,21). The van der Waals surface area contributed by atoms with Crippen molar-refractivity contribution in [2.24, 2.45) is 5.73 Å². The van der Waals surface area contributed by atoms with Crippen LogP contribution in [0.2, 0.25) is 0 Å². The van der Waals surface area contributed by atoms with Crippen molar-refractivity contribution in [3.8, 4) is 0 Å². The molecular weight excluding hydrogens is 282 g/mol. The molecule has 4 nitrogen and oxygen atoms in total. The summed E-state index contributed by atoms with van der Waals surface area (Å²) in [7, 11) is 0. The maximum atomic E-state index is 12.6. The van der Waals surface area contributed by atoms with Crippen LogP contribution >= 0.6 is 12.2 Å². The van der Waals surface area contributed by atoms with Crippen LogP contribution in [0.25, 0.3) is 0 Å². The highest BCUT2D eigenvalue weighted by atomic mass is 32.1. The molecule has 0 saturated carbocycles. The number of hydrogen-bond acceptors (Lipinski definition) is 3. The molecule has 0 spiro atoms. The van der Waals surface area contributed by atoms with Gasteiger partial charge in [0.05, 0.1) is 0 Å². The zero-order chi connectivity index (χ0) is 15.4. The smallest absolute Gasteiger partial charge is 0.253 e. The van der Waals surface area contributed by atoms with Gasteiger partial charge in [0.25, 0.3) is 5.91 Å². The summed E-state index contributed by atoms with van der Waals surface area (Å²) in [6.07, 6.45) is 1.04. The van der Waals surface area contributed by atoms with Gasteiger partial charge in [-0.05, 0) is 31.6 Å². The third-order valence-electron chi connectivity index (χ3n) is 4.17. The Kier molecular flexibility index (Phi) is 5.31. The second-order valence-corrected chi connectivity index (χ2v) is 5.80. The number of rotatable bonds is 5.